The molecular weight excluding hydrogens is 376 g/mol. The molecule has 0 saturated carbocycles. The van der Waals surface area contributed by atoms with Gasteiger partial charge in [0.2, 0.25) is 0 Å². The number of anilines is 1. The van der Waals surface area contributed by atoms with Gasteiger partial charge in [-0.2, -0.15) is 0 Å². The summed E-state index contributed by atoms with van der Waals surface area (Å²) in [6.45, 7) is 3.99. The van der Waals surface area contributed by atoms with Gasteiger partial charge in [0.15, 0.2) is 18.1 Å². The maximum atomic E-state index is 12.4. The third kappa shape index (κ3) is 4.87. The number of ether oxygens (including phenoxy) is 2. The molecule has 30 heavy (non-hydrogen) atoms. The van der Waals surface area contributed by atoms with E-state index < -0.39 is 0 Å². The van der Waals surface area contributed by atoms with Gasteiger partial charge in [-0.25, -0.2) is 0 Å². The van der Waals surface area contributed by atoms with E-state index in [4.69, 9.17) is 9.47 Å². The van der Waals surface area contributed by atoms with Gasteiger partial charge in [0.1, 0.15) is 5.60 Å². The molecule has 4 rings (SSSR count). The molecule has 1 aromatic heterocycles. The van der Waals surface area contributed by atoms with Crippen molar-refractivity contribution in [2.24, 2.45) is 0 Å². The normalized spacial score (nSPS) is 14.2. The summed E-state index contributed by atoms with van der Waals surface area (Å²) in [6, 6.07) is 19.2. The molecule has 0 atom stereocenters. The molecule has 5 nitrogen and oxygen atoms in total. The predicted molar refractivity (Wildman–Crippen MR) is 119 cm³/mol. The summed E-state index contributed by atoms with van der Waals surface area (Å²) >= 11 is 0. The highest BCUT2D eigenvalue weighted by Gasteiger charge is 2.32. The molecule has 0 aliphatic carbocycles. The fraction of sp³-hybridized carbons (Fsp3) is 0.200. The van der Waals surface area contributed by atoms with Gasteiger partial charge in [-0.3, -0.25) is 9.78 Å². The third-order valence-corrected chi connectivity index (χ3v) is 4.72. The number of hydrogen-bond acceptors (Lipinski definition) is 4. The van der Waals surface area contributed by atoms with Gasteiger partial charge >= 0.3 is 0 Å². The Hall–Kier alpha value is -3.60. The summed E-state index contributed by atoms with van der Waals surface area (Å²) in [5, 5.41) is 2.88. The zero-order valence-corrected chi connectivity index (χ0v) is 17.1. The first-order chi connectivity index (χ1) is 14.5. The maximum absolute atomic E-state index is 12.4. The number of hydrogen-bond donors (Lipinski definition) is 1. The number of pyridine rings is 1. The van der Waals surface area contributed by atoms with Crippen molar-refractivity contribution in [1.82, 2.24) is 4.98 Å². The Labute approximate surface area is 176 Å². The first kappa shape index (κ1) is 19.7. The van der Waals surface area contributed by atoms with Crippen LogP contribution in [0.5, 0.6) is 11.5 Å². The molecule has 0 bridgehead atoms. The molecule has 1 aliphatic heterocycles. The molecule has 1 N–H and O–H groups in total. The van der Waals surface area contributed by atoms with Crippen LogP contribution < -0.4 is 14.8 Å². The number of nitrogens with zero attached hydrogens (tertiary/aromatic N) is 1. The molecule has 0 fully saturated rings. The van der Waals surface area contributed by atoms with Crippen LogP contribution in [0, 0.1) is 0 Å². The molecule has 2 heterocycles. The number of carbonyl (C=O) groups is 1. The topological polar surface area (TPSA) is 60.5 Å². The lowest BCUT2D eigenvalue weighted by molar-refractivity contribution is -0.118. The molecular formula is C25H24N2O3. The van der Waals surface area contributed by atoms with Crippen LogP contribution in [-0.2, 0) is 11.2 Å². The van der Waals surface area contributed by atoms with Crippen LogP contribution in [0.2, 0.25) is 0 Å². The first-order valence-corrected chi connectivity index (χ1v) is 9.91. The minimum Gasteiger partial charge on any atom is -0.483 e. The van der Waals surface area contributed by atoms with Crippen LogP contribution in [0.3, 0.4) is 0 Å². The molecule has 152 valence electrons. The molecule has 0 unspecified atom stereocenters. The number of rotatable bonds is 6. The van der Waals surface area contributed by atoms with Crippen LogP contribution in [0.4, 0.5) is 5.69 Å². The fourth-order valence-electron chi connectivity index (χ4n) is 3.42. The second-order valence-electron chi connectivity index (χ2n) is 7.83. The lowest BCUT2D eigenvalue weighted by Gasteiger charge is -2.18. The van der Waals surface area contributed by atoms with Crippen LogP contribution >= 0.6 is 0 Å². The Morgan fingerprint density at radius 3 is 2.83 bits per heavy atom. The number of nitrogens with one attached hydrogen (secondary N) is 1. The van der Waals surface area contributed by atoms with E-state index in [1.54, 1.807) is 6.20 Å². The Kier molecular flexibility index (Phi) is 5.53. The van der Waals surface area contributed by atoms with Crippen LogP contribution in [0.25, 0.3) is 12.2 Å². The number of carbonyl (C=O) groups excluding carboxylic acids is 1. The van der Waals surface area contributed by atoms with Crippen molar-refractivity contribution >= 4 is 23.7 Å². The molecule has 2 aromatic carbocycles. The highest BCUT2D eigenvalue weighted by Crippen LogP contribution is 2.41. The van der Waals surface area contributed by atoms with E-state index in [0.717, 1.165) is 29.0 Å². The Bertz CT molecular complexity index is 1070. The Morgan fingerprint density at radius 1 is 1.13 bits per heavy atom. The smallest absolute Gasteiger partial charge is 0.262 e. The average molecular weight is 400 g/mol. The molecule has 5 heteroatoms. The van der Waals surface area contributed by atoms with Crippen molar-refractivity contribution in [3.8, 4) is 11.5 Å². The zero-order valence-electron chi connectivity index (χ0n) is 17.1. The standard InChI is InChI=1S/C25H24N2O3/c1-25(2)16-19-8-6-11-22(24(19)30-25)29-17-23(28)27-21-10-5-7-18(15-21)12-13-20-9-3-4-14-26-20/h3-15H,16-17H2,1-2H3,(H,27,28)/b13-12+. The van der Waals surface area contributed by atoms with Gasteiger partial charge in [-0.1, -0.05) is 36.4 Å². The first-order valence-electron chi connectivity index (χ1n) is 9.91. The Balaban J connectivity index is 1.37. The number of fused-ring (bicyclic) bond motifs is 1. The lowest BCUT2D eigenvalue weighted by Crippen LogP contribution is -2.25. The molecule has 0 radical (unpaired) electrons. The summed E-state index contributed by atoms with van der Waals surface area (Å²) in [5.74, 6) is 1.10. The van der Waals surface area contributed by atoms with Gasteiger partial charge in [0, 0.05) is 23.9 Å². The van der Waals surface area contributed by atoms with Gasteiger partial charge < -0.3 is 14.8 Å². The Morgan fingerprint density at radius 2 is 2.00 bits per heavy atom. The predicted octanol–water partition coefficient (Wildman–Crippen LogP) is 4.98. The van der Waals surface area contributed by atoms with E-state index in [0.29, 0.717) is 11.4 Å². The minimum atomic E-state index is -0.257. The quantitative estimate of drug-likeness (QED) is 0.634. The molecule has 0 saturated heterocycles. The van der Waals surface area contributed by atoms with Crippen molar-refractivity contribution < 1.29 is 14.3 Å². The average Bonchev–Trinajstić information content (AvgIpc) is 3.06. The van der Waals surface area contributed by atoms with Gasteiger partial charge in [0.05, 0.1) is 5.69 Å². The van der Waals surface area contributed by atoms with E-state index in [-0.39, 0.29) is 18.1 Å². The van der Waals surface area contributed by atoms with Gasteiger partial charge in [0.25, 0.3) is 5.91 Å². The zero-order chi connectivity index (χ0) is 21.0. The molecule has 1 aliphatic rings. The van der Waals surface area contributed by atoms with Crippen LogP contribution in [0.1, 0.15) is 30.7 Å². The summed E-state index contributed by atoms with van der Waals surface area (Å²) in [4.78, 5) is 16.7. The number of amides is 1. The SMILES string of the molecule is CC1(C)Cc2cccc(OCC(=O)Nc3cccc(/C=C/c4ccccn4)c3)c2O1. The third-order valence-electron chi connectivity index (χ3n) is 4.72. The maximum Gasteiger partial charge on any atom is 0.262 e. The number of aromatic nitrogens is 1. The largest absolute Gasteiger partial charge is 0.483 e. The second kappa shape index (κ2) is 8.41. The molecule has 3 aromatic rings. The van der Waals surface area contributed by atoms with Crippen LogP contribution in [-0.4, -0.2) is 23.1 Å². The summed E-state index contributed by atoms with van der Waals surface area (Å²) < 4.78 is 11.7. The van der Waals surface area contributed by atoms with Crippen molar-refractivity contribution in [3.63, 3.8) is 0 Å². The monoisotopic (exact) mass is 400 g/mol. The second-order valence-corrected chi connectivity index (χ2v) is 7.83. The van der Waals surface area contributed by atoms with Crippen molar-refractivity contribution in [1.29, 1.82) is 0 Å². The minimum absolute atomic E-state index is 0.0890. The lowest BCUT2D eigenvalue weighted by atomic mass is 10.0. The molecule has 1 amide bonds. The fourth-order valence-corrected chi connectivity index (χ4v) is 3.42. The van der Waals surface area contributed by atoms with E-state index in [1.807, 2.05) is 86.7 Å². The van der Waals surface area contributed by atoms with E-state index >= 15 is 0 Å². The van der Waals surface area contributed by atoms with Gasteiger partial charge in [-0.15, -0.1) is 0 Å². The highest BCUT2D eigenvalue weighted by molar-refractivity contribution is 5.92. The highest BCUT2D eigenvalue weighted by atomic mass is 16.5. The summed E-state index contributed by atoms with van der Waals surface area (Å²) in [5.41, 5.74) is 3.40. The van der Waals surface area contributed by atoms with E-state index in [1.165, 1.54) is 0 Å². The van der Waals surface area contributed by atoms with Crippen molar-refractivity contribution in [3.05, 3.63) is 83.7 Å². The molecule has 0 spiro atoms. The van der Waals surface area contributed by atoms with Gasteiger partial charge in [-0.05, 0) is 55.8 Å². The van der Waals surface area contributed by atoms with Crippen molar-refractivity contribution in [2.45, 2.75) is 25.9 Å². The van der Waals surface area contributed by atoms with E-state index in [9.17, 15) is 4.79 Å². The van der Waals surface area contributed by atoms with Crippen LogP contribution in [0.15, 0.2) is 66.9 Å². The van der Waals surface area contributed by atoms with E-state index in [2.05, 4.69) is 10.3 Å². The number of para-hydroxylation sites is 1. The summed E-state index contributed by atoms with van der Waals surface area (Å²) in [7, 11) is 0. The number of benzene rings is 2. The summed E-state index contributed by atoms with van der Waals surface area (Å²) in [6.07, 6.45) is 6.47. The van der Waals surface area contributed by atoms with Crippen molar-refractivity contribution in [2.75, 3.05) is 11.9 Å².